The van der Waals surface area contributed by atoms with Crippen LogP contribution in [0.4, 0.5) is 0 Å². The number of hydrogen-bond donors (Lipinski definition) is 0. The van der Waals surface area contributed by atoms with Gasteiger partial charge in [-0.15, -0.1) is 0 Å². The number of piperidine rings is 2. The number of aromatic nitrogens is 3. The first kappa shape index (κ1) is 22.7. The summed E-state index contributed by atoms with van der Waals surface area (Å²) in [5, 5.41) is 0.463. The SMILES string of the molecule is Cc1nc2c(c(C)c1CCC(=O)N1CCC(N3CCCCC3)CC1)c(=O)n(C)c(=O)n2C. The Morgan fingerprint density at radius 3 is 2.28 bits per heavy atom. The van der Waals surface area contributed by atoms with Gasteiger partial charge in [-0.3, -0.25) is 18.7 Å². The number of pyridine rings is 1. The Morgan fingerprint density at radius 2 is 1.62 bits per heavy atom. The third-order valence-corrected chi connectivity index (χ3v) is 7.48. The lowest BCUT2D eigenvalue weighted by Crippen LogP contribution is -2.48. The number of carbonyl (C=O) groups is 1. The van der Waals surface area contributed by atoms with Gasteiger partial charge in [0, 0.05) is 45.3 Å². The van der Waals surface area contributed by atoms with Crippen molar-refractivity contribution in [2.75, 3.05) is 26.2 Å². The average Bonchev–Trinajstić information content (AvgIpc) is 2.81. The molecule has 4 rings (SSSR count). The van der Waals surface area contributed by atoms with Crippen molar-refractivity contribution in [2.24, 2.45) is 14.1 Å². The standard InChI is InChI=1S/C24H35N5O3/c1-16-19(17(2)25-22-21(16)23(31)27(4)24(32)26(22)3)8-9-20(30)29-14-10-18(11-15-29)28-12-6-5-7-13-28/h18H,5-15H2,1-4H3. The van der Waals surface area contributed by atoms with Crippen molar-refractivity contribution >= 4 is 16.9 Å². The van der Waals surface area contributed by atoms with Crippen molar-refractivity contribution in [3.05, 3.63) is 37.7 Å². The maximum absolute atomic E-state index is 12.9. The van der Waals surface area contributed by atoms with Gasteiger partial charge in [-0.2, -0.15) is 0 Å². The van der Waals surface area contributed by atoms with Crippen molar-refractivity contribution in [3.8, 4) is 0 Å². The summed E-state index contributed by atoms with van der Waals surface area (Å²) in [5.74, 6) is 0.175. The molecule has 0 atom stereocenters. The van der Waals surface area contributed by atoms with E-state index in [9.17, 15) is 14.4 Å². The monoisotopic (exact) mass is 441 g/mol. The zero-order valence-electron chi connectivity index (χ0n) is 19.8. The molecule has 8 heteroatoms. The third-order valence-electron chi connectivity index (χ3n) is 7.48. The Hall–Kier alpha value is -2.48. The quantitative estimate of drug-likeness (QED) is 0.721. The Labute approximate surface area is 188 Å². The fourth-order valence-electron chi connectivity index (χ4n) is 5.46. The highest BCUT2D eigenvalue weighted by atomic mass is 16.2. The van der Waals surface area contributed by atoms with Gasteiger partial charge in [0.2, 0.25) is 5.91 Å². The highest BCUT2D eigenvalue weighted by molar-refractivity contribution is 5.81. The molecule has 0 N–H and O–H groups in total. The molecule has 1 amide bonds. The molecular weight excluding hydrogens is 406 g/mol. The Morgan fingerprint density at radius 1 is 0.969 bits per heavy atom. The minimum absolute atomic E-state index is 0.175. The van der Waals surface area contributed by atoms with Crippen LogP contribution in [0.25, 0.3) is 11.0 Å². The molecule has 0 saturated carbocycles. The lowest BCUT2D eigenvalue weighted by atomic mass is 9.98. The largest absolute Gasteiger partial charge is 0.343 e. The van der Waals surface area contributed by atoms with Crippen LogP contribution >= 0.6 is 0 Å². The van der Waals surface area contributed by atoms with E-state index in [2.05, 4.69) is 9.88 Å². The lowest BCUT2D eigenvalue weighted by Gasteiger charge is -2.40. The third kappa shape index (κ3) is 4.12. The molecule has 32 heavy (non-hydrogen) atoms. The van der Waals surface area contributed by atoms with E-state index < -0.39 is 0 Å². The van der Waals surface area contributed by atoms with E-state index in [1.165, 1.54) is 44.0 Å². The van der Waals surface area contributed by atoms with Gasteiger partial charge in [0.05, 0.1) is 5.39 Å². The second kappa shape index (κ2) is 9.17. The molecule has 0 radical (unpaired) electrons. The van der Waals surface area contributed by atoms with Crippen LogP contribution in [0.15, 0.2) is 9.59 Å². The van der Waals surface area contributed by atoms with E-state index in [0.29, 0.717) is 29.9 Å². The van der Waals surface area contributed by atoms with Gasteiger partial charge in [-0.05, 0) is 70.2 Å². The number of fused-ring (bicyclic) bond motifs is 1. The van der Waals surface area contributed by atoms with Crippen LogP contribution in [-0.2, 0) is 25.3 Å². The van der Waals surface area contributed by atoms with Crippen LogP contribution in [0.2, 0.25) is 0 Å². The van der Waals surface area contributed by atoms with Gasteiger partial charge in [0.1, 0.15) is 5.65 Å². The molecule has 4 heterocycles. The number of hydrogen-bond acceptors (Lipinski definition) is 5. The van der Waals surface area contributed by atoms with Crippen molar-refractivity contribution in [1.29, 1.82) is 0 Å². The Bertz CT molecular complexity index is 1140. The number of carbonyl (C=O) groups excluding carboxylic acids is 1. The summed E-state index contributed by atoms with van der Waals surface area (Å²) in [6, 6.07) is 0.622. The predicted octanol–water partition coefficient (Wildman–Crippen LogP) is 1.66. The van der Waals surface area contributed by atoms with E-state index >= 15 is 0 Å². The topological polar surface area (TPSA) is 80.4 Å². The fourth-order valence-corrected chi connectivity index (χ4v) is 5.46. The molecule has 0 bridgehead atoms. The normalized spacial score (nSPS) is 18.4. The van der Waals surface area contributed by atoms with Crippen molar-refractivity contribution in [3.63, 3.8) is 0 Å². The molecule has 8 nitrogen and oxygen atoms in total. The Kier molecular flexibility index (Phi) is 6.51. The number of likely N-dealkylation sites (tertiary alicyclic amines) is 2. The average molecular weight is 442 g/mol. The first-order valence-corrected chi connectivity index (χ1v) is 11.9. The van der Waals surface area contributed by atoms with E-state index in [-0.39, 0.29) is 17.2 Å². The molecule has 2 aromatic heterocycles. The highest BCUT2D eigenvalue weighted by Crippen LogP contribution is 2.23. The lowest BCUT2D eigenvalue weighted by molar-refractivity contribution is -0.132. The minimum Gasteiger partial charge on any atom is -0.343 e. The summed E-state index contributed by atoms with van der Waals surface area (Å²) in [6.07, 6.45) is 7.03. The van der Waals surface area contributed by atoms with Crippen molar-refractivity contribution < 1.29 is 4.79 Å². The summed E-state index contributed by atoms with van der Waals surface area (Å²) >= 11 is 0. The first-order chi connectivity index (χ1) is 15.3. The zero-order chi connectivity index (χ0) is 23.0. The van der Waals surface area contributed by atoms with E-state index in [1.807, 2.05) is 18.7 Å². The van der Waals surface area contributed by atoms with Crippen LogP contribution in [0, 0.1) is 13.8 Å². The summed E-state index contributed by atoms with van der Waals surface area (Å²) in [6.45, 7) is 7.85. The van der Waals surface area contributed by atoms with Gasteiger partial charge in [-0.1, -0.05) is 6.42 Å². The Balaban J connectivity index is 1.46. The van der Waals surface area contributed by atoms with Crippen LogP contribution in [0.5, 0.6) is 0 Å². The van der Waals surface area contributed by atoms with Crippen molar-refractivity contribution in [2.45, 2.75) is 64.8 Å². The van der Waals surface area contributed by atoms with Gasteiger partial charge < -0.3 is 9.80 Å². The second-order valence-electron chi connectivity index (χ2n) is 9.41. The molecule has 0 unspecified atom stereocenters. The maximum atomic E-state index is 12.9. The van der Waals surface area contributed by atoms with Crippen LogP contribution in [0.3, 0.4) is 0 Å². The van der Waals surface area contributed by atoms with Crippen LogP contribution in [0.1, 0.15) is 55.3 Å². The zero-order valence-corrected chi connectivity index (χ0v) is 19.8. The minimum atomic E-state index is -0.385. The van der Waals surface area contributed by atoms with Gasteiger partial charge >= 0.3 is 5.69 Å². The van der Waals surface area contributed by atoms with E-state index in [4.69, 9.17) is 0 Å². The fraction of sp³-hybridized carbons (Fsp3) is 0.667. The summed E-state index contributed by atoms with van der Waals surface area (Å²) in [4.78, 5) is 47.2. The van der Waals surface area contributed by atoms with Gasteiger partial charge in [-0.25, -0.2) is 9.78 Å². The maximum Gasteiger partial charge on any atom is 0.332 e. The number of rotatable bonds is 4. The summed E-state index contributed by atoms with van der Waals surface area (Å²) in [5.41, 5.74) is 2.22. The number of amides is 1. The molecular formula is C24H35N5O3. The molecule has 2 saturated heterocycles. The summed E-state index contributed by atoms with van der Waals surface area (Å²) in [7, 11) is 3.12. The highest BCUT2D eigenvalue weighted by Gasteiger charge is 2.27. The van der Waals surface area contributed by atoms with Gasteiger partial charge in [0.15, 0.2) is 0 Å². The molecule has 2 aromatic rings. The molecule has 2 aliphatic heterocycles. The van der Waals surface area contributed by atoms with E-state index in [1.54, 1.807) is 7.05 Å². The smallest absolute Gasteiger partial charge is 0.332 e. The molecule has 2 fully saturated rings. The summed E-state index contributed by atoms with van der Waals surface area (Å²) < 4.78 is 2.53. The van der Waals surface area contributed by atoms with E-state index in [0.717, 1.165) is 47.3 Å². The van der Waals surface area contributed by atoms with Crippen LogP contribution in [-0.4, -0.2) is 62.0 Å². The first-order valence-electron chi connectivity index (χ1n) is 11.9. The van der Waals surface area contributed by atoms with Gasteiger partial charge in [0.25, 0.3) is 5.56 Å². The predicted molar refractivity (Wildman–Crippen MR) is 125 cm³/mol. The molecule has 174 valence electrons. The second-order valence-corrected chi connectivity index (χ2v) is 9.41. The van der Waals surface area contributed by atoms with Crippen molar-refractivity contribution in [1.82, 2.24) is 23.9 Å². The molecule has 0 aromatic carbocycles. The molecule has 0 spiro atoms. The number of nitrogens with zero attached hydrogens (tertiary/aromatic N) is 5. The number of aryl methyl sites for hydroxylation is 3. The molecule has 0 aliphatic carbocycles. The molecule has 2 aliphatic rings. The van der Waals surface area contributed by atoms with Crippen LogP contribution < -0.4 is 11.2 Å².